The Morgan fingerprint density at radius 1 is 1.10 bits per heavy atom. The maximum atomic E-state index is 12.9. The van der Waals surface area contributed by atoms with Crippen LogP contribution < -0.4 is 4.74 Å². The van der Waals surface area contributed by atoms with Crippen molar-refractivity contribution in [2.45, 2.75) is 17.5 Å². The quantitative estimate of drug-likeness (QED) is 0.346. The maximum Gasteiger partial charge on any atom is 0.191 e. The fraction of sp³-hybridized carbons (Fsp3) is 0.150. The van der Waals surface area contributed by atoms with E-state index in [-0.39, 0.29) is 5.82 Å². The van der Waals surface area contributed by atoms with Crippen molar-refractivity contribution in [2.24, 2.45) is 7.05 Å². The van der Waals surface area contributed by atoms with E-state index < -0.39 is 0 Å². The van der Waals surface area contributed by atoms with Gasteiger partial charge in [-0.05, 0) is 48.5 Å². The second-order valence-electron chi connectivity index (χ2n) is 6.14. The number of halogens is 2. The molecule has 0 spiro atoms. The van der Waals surface area contributed by atoms with Crippen molar-refractivity contribution in [1.29, 1.82) is 0 Å². The molecule has 0 aliphatic heterocycles. The highest BCUT2D eigenvalue weighted by atomic mass is 35.5. The van der Waals surface area contributed by atoms with Crippen LogP contribution in [0.4, 0.5) is 4.39 Å². The van der Waals surface area contributed by atoms with Crippen LogP contribution in [0.5, 0.6) is 5.75 Å². The largest absolute Gasteiger partial charge is 0.486 e. The van der Waals surface area contributed by atoms with Gasteiger partial charge in [0.1, 0.15) is 23.2 Å². The summed E-state index contributed by atoms with van der Waals surface area (Å²) in [5.74, 6) is 1.80. The van der Waals surface area contributed by atoms with Crippen LogP contribution in [0.25, 0.3) is 11.4 Å². The van der Waals surface area contributed by atoms with Gasteiger partial charge < -0.3 is 9.30 Å². The molecule has 0 aliphatic carbocycles. The van der Waals surface area contributed by atoms with Gasteiger partial charge in [0.2, 0.25) is 0 Å². The molecule has 0 radical (unpaired) electrons. The van der Waals surface area contributed by atoms with Gasteiger partial charge in [-0.2, -0.15) is 0 Å². The fourth-order valence-electron chi connectivity index (χ4n) is 2.59. The van der Waals surface area contributed by atoms with Gasteiger partial charge in [-0.15, -0.1) is 21.5 Å². The van der Waals surface area contributed by atoms with Gasteiger partial charge in [0.05, 0.1) is 5.69 Å². The Morgan fingerprint density at radius 2 is 1.86 bits per heavy atom. The van der Waals surface area contributed by atoms with Crippen molar-refractivity contribution >= 4 is 34.7 Å². The zero-order chi connectivity index (χ0) is 20.2. The molecule has 2 aromatic heterocycles. The number of thiazole rings is 1. The van der Waals surface area contributed by atoms with Crippen LogP contribution in [-0.4, -0.2) is 19.7 Å². The predicted molar refractivity (Wildman–Crippen MR) is 114 cm³/mol. The monoisotopic (exact) mass is 446 g/mol. The van der Waals surface area contributed by atoms with Crippen molar-refractivity contribution in [2.75, 3.05) is 0 Å². The molecule has 5 nitrogen and oxygen atoms in total. The minimum atomic E-state index is -0.283. The van der Waals surface area contributed by atoms with Crippen LogP contribution in [-0.2, 0) is 19.4 Å². The molecule has 0 saturated carbocycles. The smallest absolute Gasteiger partial charge is 0.191 e. The number of nitrogens with zero attached hydrogens (tertiary/aromatic N) is 4. The normalized spacial score (nSPS) is 11.0. The number of thioether (sulfide) groups is 1. The van der Waals surface area contributed by atoms with E-state index >= 15 is 0 Å². The van der Waals surface area contributed by atoms with Gasteiger partial charge in [0.15, 0.2) is 11.0 Å². The van der Waals surface area contributed by atoms with Gasteiger partial charge >= 0.3 is 0 Å². The van der Waals surface area contributed by atoms with Crippen molar-refractivity contribution in [3.8, 4) is 17.1 Å². The zero-order valence-corrected chi connectivity index (χ0v) is 17.8. The van der Waals surface area contributed by atoms with Gasteiger partial charge in [0, 0.05) is 28.8 Å². The van der Waals surface area contributed by atoms with E-state index in [0.29, 0.717) is 23.1 Å². The minimum Gasteiger partial charge on any atom is -0.486 e. The Hall–Kier alpha value is -2.42. The molecule has 0 unspecified atom stereocenters. The molecule has 0 fully saturated rings. The highest BCUT2D eigenvalue weighted by Gasteiger charge is 2.12. The van der Waals surface area contributed by atoms with Crippen LogP contribution in [0.15, 0.2) is 59.1 Å². The van der Waals surface area contributed by atoms with Crippen molar-refractivity contribution in [3.05, 3.63) is 75.5 Å². The third-order valence-electron chi connectivity index (χ3n) is 4.06. The first-order valence-electron chi connectivity index (χ1n) is 8.68. The lowest BCUT2D eigenvalue weighted by Crippen LogP contribution is -1.96. The first-order valence-corrected chi connectivity index (χ1v) is 10.9. The Kier molecular flexibility index (Phi) is 6.13. The van der Waals surface area contributed by atoms with Crippen molar-refractivity contribution < 1.29 is 9.13 Å². The van der Waals surface area contributed by atoms with Crippen LogP contribution in [0, 0.1) is 5.82 Å². The third-order valence-corrected chi connectivity index (χ3v) is 6.24. The number of hydrogen-bond donors (Lipinski definition) is 0. The van der Waals surface area contributed by atoms with E-state index in [1.54, 1.807) is 23.9 Å². The molecule has 0 N–H and O–H groups in total. The molecular weight excluding hydrogens is 431 g/mol. The van der Waals surface area contributed by atoms with Crippen LogP contribution >= 0.6 is 34.7 Å². The molecule has 4 rings (SSSR count). The summed E-state index contributed by atoms with van der Waals surface area (Å²) in [5.41, 5.74) is 1.92. The minimum absolute atomic E-state index is 0.283. The van der Waals surface area contributed by atoms with E-state index in [2.05, 4.69) is 15.2 Å². The van der Waals surface area contributed by atoms with Crippen LogP contribution in [0.3, 0.4) is 0 Å². The molecule has 4 aromatic rings. The van der Waals surface area contributed by atoms with E-state index in [1.165, 1.54) is 23.5 Å². The third kappa shape index (κ3) is 4.95. The summed E-state index contributed by atoms with van der Waals surface area (Å²) < 4.78 is 20.5. The van der Waals surface area contributed by atoms with E-state index in [0.717, 1.165) is 27.2 Å². The van der Waals surface area contributed by atoms with E-state index in [4.69, 9.17) is 16.3 Å². The molecule has 2 heterocycles. The number of ether oxygens (including phenoxy) is 1. The SMILES string of the molecule is Cn1c(SCc2csc(COc3ccc(F)cc3)n2)nnc1-c1ccc(Cl)cc1. The second-order valence-corrected chi connectivity index (χ2v) is 8.46. The molecule has 0 amide bonds. The molecule has 0 bridgehead atoms. The Bertz CT molecular complexity index is 1100. The lowest BCUT2D eigenvalue weighted by Gasteiger charge is -2.04. The summed E-state index contributed by atoms with van der Waals surface area (Å²) in [7, 11) is 1.94. The molecule has 0 aliphatic rings. The standard InChI is InChI=1S/C20H16ClFN4OS2/c1-26-19(13-2-4-14(21)5-3-13)24-25-20(26)29-12-16-11-28-18(23-16)10-27-17-8-6-15(22)7-9-17/h2-9,11H,10,12H2,1H3. The molecule has 2 aromatic carbocycles. The Balaban J connectivity index is 1.35. The number of benzene rings is 2. The molecular formula is C20H16ClFN4OS2. The topological polar surface area (TPSA) is 52.8 Å². The Labute approximate surface area is 180 Å². The molecule has 148 valence electrons. The number of hydrogen-bond acceptors (Lipinski definition) is 6. The van der Waals surface area contributed by atoms with Crippen LogP contribution in [0.1, 0.15) is 10.7 Å². The average Bonchev–Trinajstić information content (AvgIpc) is 3.33. The van der Waals surface area contributed by atoms with Gasteiger partial charge in [-0.3, -0.25) is 0 Å². The highest BCUT2D eigenvalue weighted by Crippen LogP contribution is 2.26. The van der Waals surface area contributed by atoms with Crippen molar-refractivity contribution in [1.82, 2.24) is 19.7 Å². The molecule has 9 heteroatoms. The van der Waals surface area contributed by atoms with Crippen molar-refractivity contribution in [3.63, 3.8) is 0 Å². The summed E-state index contributed by atoms with van der Waals surface area (Å²) in [5, 5.41) is 12.9. The maximum absolute atomic E-state index is 12.9. The van der Waals surface area contributed by atoms with E-state index in [9.17, 15) is 4.39 Å². The summed E-state index contributed by atoms with van der Waals surface area (Å²) in [6.07, 6.45) is 0. The summed E-state index contributed by atoms with van der Waals surface area (Å²) >= 11 is 9.06. The van der Waals surface area contributed by atoms with E-state index in [1.807, 2.05) is 41.3 Å². The highest BCUT2D eigenvalue weighted by molar-refractivity contribution is 7.98. The number of aromatic nitrogens is 4. The molecule has 0 atom stereocenters. The number of rotatable bonds is 7. The summed E-state index contributed by atoms with van der Waals surface area (Å²) in [4.78, 5) is 4.59. The fourth-order valence-corrected chi connectivity index (χ4v) is 4.33. The first kappa shape index (κ1) is 19.9. The summed E-state index contributed by atoms with van der Waals surface area (Å²) in [6.45, 7) is 0.353. The van der Waals surface area contributed by atoms with Crippen LogP contribution in [0.2, 0.25) is 5.02 Å². The Morgan fingerprint density at radius 3 is 2.62 bits per heavy atom. The lowest BCUT2D eigenvalue weighted by atomic mass is 10.2. The van der Waals surface area contributed by atoms with Gasteiger partial charge in [-0.25, -0.2) is 9.37 Å². The van der Waals surface area contributed by atoms with Gasteiger partial charge in [0.25, 0.3) is 0 Å². The zero-order valence-electron chi connectivity index (χ0n) is 15.4. The molecule has 0 saturated heterocycles. The lowest BCUT2D eigenvalue weighted by molar-refractivity contribution is 0.305. The summed E-state index contributed by atoms with van der Waals surface area (Å²) in [6, 6.07) is 13.5. The second kappa shape index (κ2) is 8.94. The predicted octanol–water partition coefficient (Wildman–Crippen LogP) is 5.60. The van der Waals surface area contributed by atoms with Gasteiger partial charge in [-0.1, -0.05) is 23.4 Å². The first-order chi connectivity index (χ1) is 14.1. The molecule has 29 heavy (non-hydrogen) atoms. The average molecular weight is 447 g/mol.